The maximum absolute atomic E-state index is 5.39. The van der Waals surface area contributed by atoms with E-state index in [2.05, 4.69) is 41.4 Å². The van der Waals surface area contributed by atoms with Gasteiger partial charge in [-0.25, -0.2) is 0 Å². The maximum atomic E-state index is 5.39. The first kappa shape index (κ1) is 20.4. The largest absolute Gasteiger partial charge is 0.493 e. The summed E-state index contributed by atoms with van der Waals surface area (Å²) in [5, 5.41) is 14.3. The zero-order chi connectivity index (χ0) is 18.8. The third-order valence-electron chi connectivity index (χ3n) is 4.43. The predicted octanol–water partition coefficient (Wildman–Crippen LogP) is 4.13. The van der Waals surface area contributed by atoms with E-state index in [9.17, 15) is 0 Å². The van der Waals surface area contributed by atoms with E-state index in [0.717, 1.165) is 33.6 Å². The first-order chi connectivity index (χ1) is 13.2. The lowest BCUT2D eigenvalue weighted by atomic mass is 10.1. The molecule has 0 unspecified atom stereocenters. The van der Waals surface area contributed by atoms with Gasteiger partial charge in [-0.2, -0.15) is 9.78 Å². The molecule has 0 amide bonds. The molecule has 4 rings (SSSR count). The minimum atomic E-state index is 0. The average Bonchev–Trinajstić information content (AvgIpc) is 3.10. The lowest BCUT2D eigenvalue weighted by Crippen LogP contribution is -2.14. The Balaban J connectivity index is 0.00000225. The zero-order valence-electron chi connectivity index (χ0n) is 15.9. The van der Waals surface area contributed by atoms with Gasteiger partial charge in [-0.15, -0.1) is 27.2 Å². The minimum absolute atomic E-state index is 0. The van der Waals surface area contributed by atoms with Crippen LogP contribution < -0.4 is 9.47 Å². The van der Waals surface area contributed by atoms with Crippen molar-refractivity contribution in [3.63, 3.8) is 0 Å². The number of rotatable bonds is 5. The second-order valence-electron chi connectivity index (χ2n) is 6.28. The molecule has 3 aromatic rings. The SMILES string of the molecule is Br.COc1ccc(Cc2nnc3n2N=C(c2ccc(C)cc2)CS3)cc1OC. The van der Waals surface area contributed by atoms with Gasteiger partial charge in [0.1, 0.15) is 0 Å². The Morgan fingerprint density at radius 3 is 2.46 bits per heavy atom. The van der Waals surface area contributed by atoms with Crippen LogP contribution in [-0.2, 0) is 6.42 Å². The van der Waals surface area contributed by atoms with Gasteiger partial charge in [0.15, 0.2) is 17.3 Å². The molecule has 0 N–H and O–H groups in total. The van der Waals surface area contributed by atoms with E-state index in [0.29, 0.717) is 17.9 Å². The van der Waals surface area contributed by atoms with Crippen LogP contribution in [0.2, 0.25) is 0 Å². The maximum Gasteiger partial charge on any atom is 0.212 e. The molecular weight excluding hydrogens is 440 g/mol. The van der Waals surface area contributed by atoms with E-state index in [1.165, 1.54) is 5.56 Å². The molecule has 0 spiro atoms. The van der Waals surface area contributed by atoms with Crippen molar-refractivity contribution in [1.29, 1.82) is 0 Å². The monoisotopic (exact) mass is 460 g/mol. The molecule has 1 aromatic heterocycles. The summed E-state index contributed by atoms with van der Waals surface area (Å²) in [6, 6.07) is 14.3. The fourth-order valence-corrected chi connectivity index (χ4v) is 3.80. The molecule has 28 heavy (non-hydrogen) atoms. The summed E-state index contributed by atoms with van der Waals surface area (Å²) in [6.07, 6.45) is 0.610. The topological polar surface area (TPSA) is 61.5 Å². The van der Waals surface area contributed by atoms with Gasteiger partial charge >= 0.3 is 0 Å². The van der Waals surface area contributed by atoms with Crippen molar-refractivity contribution in [1.82, 2.24) is 14.9 Å². The number of methoxy groups -OCH3 is 2. The first-order valence-electron chi connectivity index (χ1n) is 8.61. The van der Waals surface area contributed by atoms with Crippen LogP contribution >= 0.6 is 28.7 Å². The number of thioether (sulfide) groups is 1. The average molecular weight is 461 g/mol. The molecule has 0 atom stereocenters. The molecule has 1 aliphatic heterocycles. The molecule has 0 saturated carbocycles. The number of benzene rings is 2. The van der Waals surface area contributed by atoms with Crippen molar-refractivity contribution < 1.29 is 9.47 Å². The van der Waals surface area contributed by atoms with Gasteiger partial charge in [0.05, 0.1) is 19.9 Å². The molecule has 0 radical (unpaired) electrons. The van der Waals surface area contributed by atoms with E-state index in [-0.39, 0.29) is 17.0 Å². The van der Waals surface area contributed by atoms with E-state index in [1.54, 1.807) is 26.0 Å². The molecular formula is C20H21BrN4O2S. The lowest BCUT2D eigenvalue weighted by molar-refractivity contribution is 0.354. The van der Waals surface area contributed by atoms with Crippen molar-refractivity contribution in [3.8, 4) is 11.5 Å². The highest BCUT2D eigenvalue weighted by atomic mass is 79.9. The fourth-order valence-electron chi connectivity index (χ4n) is 2.94. The van der Waals surface area contributed by atoms with E-state index >= 15 is 0 Å². The molecule has 8 heteroatoms. The van der Waals surface area contributed by atoms with Crippen molar-refractivity contribution in [2.24, 2.45) is 5.10 Å². The molecule has 0 aliphatic carbocycles. The molecule has 1 aliphatic rings. The third-order valence-corrected chi connectivity index (χ3v) is 5.36. The Kier molecular flexibility index (Phi) is 6.41. The van der Waals surface area contributed by atoms with Crippen LogP contribution in [0.3, 0.4) is 0 Å². The molecule has 146 valence electrons. The summed E-state index contributed by atoms with van der Waals surface area (Å²) >= 11 is 1.65. The van der Waals surface area contributed by atoms with Crippen LogP contribution in [0, 0.1) is 6.92 Å². The van der Waals surface area contributed by atoms with Crippen LogP contribution in [-0.4, -0.2) is 40.6 Å². The first-order valence-corrected chi connectivity index (χ1v) is 9.59. The quantitative estimate of drug-likeness (QED) is 0.572. The Hall–Kier alpha value is -2.32. The summed E-state index contributed by atoms with van der Waals surface area (Å²) in [7, 11) is 3.26. The number of fused-ring (bicyclic) bond motifs is 1. The number of halogens is 1. The van der Waals surface area contributed by atoms with Crippen molar-refractivity contribution >= 4 is 34.5 Å². The highest BCUT2D eigenvalue weighted by Gasteiger charge is 2.20. The molecule has 2 heterocycles. The minimum Gasteiger partial charge on any atom is -0.493 e. The standard InChI is InChI=1S/C20H20N4O2S.BrH/c1-13-4-7-15(8-5-13)16-12-27-20-22-21-19(24(20)23-16)11-14-6-9-17(25-2)18(10-14)26-3;/h4-10H,11-12H2,1-3H3;1H. The van der Waals surface area contributed by atoms with Gasteiger partial charge in [-0.1, -0.05) is 47.7 Å². The smallest absolute Gasteiger partial charge is 0.212 e. The lowest BCUT2D eigenvalue weighted by Gasteiger charge is -2.14. The normalized spacial score (nSPS) is 12.6. The Morgan fingerprint density at radius 2 is 1.75 bits per heavy atom. The van der Waals surface area contributed by atoms with Gasteiger partial charge in [-0.3, -0.25) is 0 Å². The predicted molar refractivity (Wildman–Crippen MR) is 117 cm³/mol. The van der Waals surface area contributed by atoms with Gasteiger partial charge in [0, 0.05) is 12.2 Å². The number of ether oxygens (including phenoxy) is 2. The fraction of sp³-hybridized carbons (Fsp3) is 0.250. The van der Waals surface area contributed by atoms with Crippen LogP contribution in [0.1, 0.15) is 22.5 Å². The van der Waals surface area contributed by atoms with E-state index < -0.39 is 0 Å². The van der Waals surface area contributed by atoms with Crippen LogP contribution in [0.4, 0.5) is 0 Å². The third kappa shape index (κ3) is 4.07. The summed E-state index contributed by atoms with van der Waals surface area (Å²) in [5.74, 6) is 3.00. The summed E-state index contributed by atoms with van der Waals surface area (Å²) in [4.78, 5) is 0. The molecule has 6 nitrogen and oxygen atoms in total. The number of hydrogen-bond donors (Lipinski definition) is 0. The second-order valence-corrected chi connectivity index (χ2v) is 7.22. The molecule has 0 fully saturated rings. The van der Waals surface area contributed by atoms with Crippen LogP contribution in [0.25, 0.3) is 0 Å². The number of aromatic nitrogens is 3. The zero-order valence-corrected chi connectivity index (χ0v) is 18.4. The van der Waals surface area contributed by atoms with Crippen molar-refractivity contribution in [3.05, 3.63) is 65.0 Å². The highest BCUT2D eigenvalue weighted by Crippen LogP contribution is 2.29. The van der Waals surface area contributed by atoms with E-state index in [1.807, 2.05) is 22.9 Å². The summed E-state index contributed by atoms with van der Waals surface area (Å²) in [6.45, 7) is 2.08. The molecule has 0 saturated heterocycles. The van der Waals surface area contributed by atoms with Gasteiger partial charge < -0.3 is 9.47 Å². The highest BCUT2D eigenvalue weighted by molar-refractivity contribution is 8.93. The van der Waals surface area contributed by atoms with Crippen molar-refractivity contribution in [2.45, 2.75) is 18.5 Å². The number of nitrogens with zero attached hydrogens (tertiary/aromatic N) is 4. The molecule has 0 bridgehead atoms. The second kappa shape index (κ2) is 8.79. The van der Waals surface area contributed by atoms with Gasteiger partial charge in [0.25, 0.3) is 0 Å². The van der Waals surface area contributed by atoms with Gasteiger partial charge in [0.2, 0.25) is 5.16 Å². The van der Waals surface area contributed by atoms with Crippen LogP contribution in [0.15, 0.2) is 52.7 Å². The van der Waals surface area contributed by atoms with Gasteiger partial charge in [-0.05, 0) is 30.2 Å². The Labute approximate surface area is 178 Å². The number of aryl methyl sites for hydroxylation is 1. The summed E-state index contributed by atoms with van der Waals surface area (Å²) in [5.41, 5.74) is 4.46. The van der Waals surface area contributed by atoms with E-state index in [4.69, 9.17) is 14.6 Å². The Bertz CT molecular complexity index is 1000. The Morgan fingerprint density at radius 1 is 1.00 bits per heavy atom. The van der Waals surface area contributed by atoms with Crippen LogP contribution in [0.5, 0.6) is 11.5 Å². The molecule has 2 aromatic carbocycles. The van der Waals surface area contributed by atoms with Crippen molar-refractivity contribution in [2.75, 3.05) is 20.0 Å². The number of hydrogen-bond acceptors (Lipinski definition) is 6. The summed E-state index contributed by atoms with van der Waals surface area (Å²) < 4.78 is 12.5.